The van der Waals surface area contributed by atoms with Gasteiger partial charge in [0.05, 0.1) is 0 Å². The number of halogens is 2. The Balaban J connectivity index is 0. The summed E-state index contributed by atoms with van der Waals surface area (Å²) in [6.07, 6.45) is 10.1. The predicted molar refractivity (Wildman–Crippen MR) is 96.0 cm³/mol. The Kier molecular flexibility index (Phi) is 18.0. The van der Waals surface area contributed by atoms with Gasteiger partial charge < -0.3 is 24.8 Å². The van der Waals surface area contributed by atoms with Crippen LogP contribution in [-0.2, 0) is 36.2 Å². The summed E-state index contributed by atoms with van der Waals surface area (Å²) in [6.45, 7) is 6.84. The van der Waals surface area contributed by atoms with Gasteiger partial charge in [-0.3, -0.25) is 6.08 Å². The van der Waals surface area contributed by atoms with Crippen LogP contribution in [0.25, 0.3) is 6.08 Å². The maximum Gasteiger partial charge on any atom is -0.0650 e. The maximum atomic E-state index is 3.16. The maximum absolute atomic E-state index is 3.16. The van der Waals surface area contributed by atoms with E-state index in [1.54, 1.807) is 23.3 Å². The van der Waals surface area contributed by atoms with Crippen molar-refractivity contribution in [3.05, 3.63) is 71.3 Å². The second-order valence-electron chi connectivity index (χ2n) is 5.62. The van der Waals surface area contributed by atoms with Crippen LogP contribution in [0.4, 0.5) is 0 Å². The molecule has 0 unspecified atom stereocenters. The molecule has 1 aliphatic rings. The average molecular weight is 457 g/mol. The molecule has 2 aromatic carbocycles. The van der Waals surface area contributed by atoms with E-state index in [1.165, 1.54) is 36.0 Å². The Morgan fingerprint density at radius 1 is 1.17 bits per heavy atom. The summed E-state index contributed by atoms with van der Waals surface area (Å²) < 4.78 is 0. The number of allylic oxidation sites excluding steroid dienone is 1. The summed E-state index contributed by atoms with van der Waals surface area (Å²) in [5.74, 6) is 0. The zero-order valence-corrected chi connectivity index (χ0v) is 19.8. The van der Waals surface area contributed by atoms with Crippen LogP contribution in [0.1, 0.15) is 36.5 Å². The minimum atomic E-state index is 0. The first-order chi connectivity index (χ1) is 10.6. The van der Waals surface area contributed by atoms with E-state index >= 15 is 0 Å². The Labute approximate surface area is 175 Å². The molecule has 24 heavy (non-hydrogen) atoms. The van der Waals surface area contributed by atoms with Crippen LogP contribution in [0.15, 0.2) is 48.5 Å². The van der Waals surface area contributed by atoms with E-state index in [0.29, 0.717) is 0 Å². The Morgan fingerprint density at radius 3 is 2.38 bits per heavy atom. The summed E-state index contributed by atoms with van der Waals surface area (Å²) >= 11 is 1.74. The molecule has 0 atom stereocenters. The molecule has 0 nitrogen and oxygen atoms in total. The van der Waals surface area contributed by atoms with Crippen molar-refractivity contribution in [3.8, 4) is 0 Å². The van der Waals surface area contributed by atoms with Crippen LogP contribution in [0.5, 0.6) is 0 Å². The summed E-state index contributed by atoms with van der Waals surface area (Å²) in [6, 6.07) is 17.0. The number of fused-ring (bicyclic) bond motifs is 1. The largest absolute Gasteiger partial charge is 1.00 e. The first-order valence-electron chi connectivity index (χ1n) is 8.00. The molecule has 0 spiro atoms. The number of rotatable bonds is 3. The van der Waals surface area contributed by atoms with Crippen LogP contribution >= 0.6 is 0 Å². The van der Waals surface area contributed by atoms with Crippen molar-refractivity contribution in [3.63, 3.8) is 0 Å². The molecule has 3 rings (SSSR count). The molecule has 1 aliphatic carbocycles. The van der Waals surface area contributed by atoms with E-state index in [4.69, 9.17) is 0 Å². The normalized spacial score (nSPS) is 10.0. The van der Waals surface area contributed by atoms with Gasteiger partial charge >= 0.3 is 41.9 Å². The molecule has 130 valence electrons. The predicted octanol–water partition coefficient (Wildman–Crippen LogP) is -0.401. The van der Waals surface area contributed by atoms with Crippen molar-refractivity contribution >= 4 is 11.5 Å². The minimum Gasteiger partial charge on any atom is -1.00 e. The van der Waals surface area contributed by atoms with Crippen molar-refractivity contribution < 1.29 is 48.1 Å². The summed E-state index contributed by atoms with van der Waals surface area (Å²) in [5.41, 5.74) is 4.43. The molecule has 0 amide bonds. The second kappa shape index (κ2) is 16.5. The first-order valence-corrected chi connectivity index (χ1v) is 14.2. The van der Waals surface area contributed by atoms with Gasteiger partial charge in [-0.15, -0.1) is 18.1 Å². The number of hydrogen-bond donors (Lipinski definition) is 0. The molecule has 2 aromatic rings. The number of benzene rings is 1. The molecule has 0 N–H and O–H groups in total. The Bertz CT molecular complexity index is 573. The number of aryl methyl sites for hydroxylation is 1. The quantitative estimate of drug-likeness (QED) is 0.436. The van der Waals surface area contributed by atoms with Gasteiger partial charge in [-0.2, -0.15) is 29.3 Å². The van der Waals surface area contributed by atoms with Gasteiger partial charge in [0.2, 0.25) is 0 Å². The van der Waals surface area contributed by atoms with Crippen molar-refractivity contribution in [2.24, 2.45) is 0 Å². The van der Waals surface area contributed by atoms with Gasteiger partial charge in [-0.1, -0.05) is 44.4 Å². The van der Waals surface area contributed by atoms with Gasteiger partial charge in [0.25, 0.3) is 0 Å². The fourth-order valence-electron chi connectivity index (χ4n) is 2.07. The minimum absolute atomic E-state index is 0. The van der Waals surface area contributed by atoms with Crippen molar-refractivity contribution in [1.82, 2.24) is 0 Å². The molecule has 0 radical (unpaired) electrons. The van der Waals surface area contributed by atoms with E-state index in [2.05, 4.69) is 80.7 Å². The molecule has 0 fully saturated rings. The van der Waals surface area contributed by atoms with Crippen molar-refractivity contribution in [1.29, 1.82) is 0 Å². The Morgan fingerprint density at radius 2 is 1.83 bits per heavy atom. The van der Waals surface area contributed by atoms with Gasteiger partial charge in [-0.05, 0) is 0 Å². The molecule has 0 aromatic heterocycles. The molecule has 4 heteroatoms. The van der Waals surface area contributed by atoms with E-state index in [0.717, 1.165) is 6.42 Å². The third kappa shape index (κ3) is 12.4. The molecular weight excluding hydrogens is 430 g/mol. The standard InChI is InChI=1S/C9H7.C9H13.C2H6Si.2ClH.Zr/c1-2-5-9-7-3-6-8(9)4-1;1-2-3-6-9-7-4-5-8-9;1-3-2;;;/h1-2,4-6H,7H2;4-5,7-8H,2-3,6H2,1H3;1-2H3;2*1H;/q2*-1;;;;+2/p-2. The molecular formula is C20H26Cl2SiZr-2. The molecule has 0 saturated heterocycles. The van der Waals surface area contributed by atoms with Crippen LogP contribution in [-0.4, -0.2) is 5.43 Å². The summed E-state index contributed by atoms with van der Waals surface area (Å²) in [4.78, 5) is 0. The smallest absolute Gasteiger partial charge is 0.0650 e. The Hall–Kier alpha value is -0.0100. The summed E-state index contributed by atoms with van der Waals surface area (Å²) in [5, 5.41) is 0. The fourth-order valence-corrected chi connectivity index (χ4v) is 2.07. The summed E-state index contributed by atoms with van der Waals surface area (Å²) in [7, 11) is 0. The van der Waals surface area contributed by atoms with E-state index < -0.39 is 0 Å². The monoisotopic (exact) mass is 454 g/mol. The third-order valence-electron chi connectivity index (χ3n) is 3.16. The van der Waals surface area contributed by atoms with Crippen LogP contribution < -0.4 is 24.8 Å². The topological polar surface area (TPSA) is 0 Å². The number of hydrogen-bond acceptors (Lipinski definition) is 0. The third-order valence-corrected chi connectivity index (χ3v) is 3.16. The van der Waals surface area contributed by atoms with Gasteiger partial charge in [0.1, 0.15) is 0 Å². The molecule has 0 aliphatic heterocycles. The van der Waals surface area contributed by atoms with E-state index in [9.17, 15) is 0 Å². The number of unbranched alkanes of at least 4 members (excludes halogenated alkanes) is 1. The van der Waals surface area contributed by atoms with Crippen molar-refractivity contribution in [2.75, 3.05) is 0 Å². The average Bonchev–Trinajstić information content (AvgIpc) is 3.16. The SMILES string of the molecule is CCCCc1cc[cH-]c1.C[Si](C)=[Zr+2].[C-]1=Cc2ccccc2C1.[Cl-].[Cl-]. The van der Waals surface area contributed by atoms with Gasteiger partial charge in [0, 0.05) is 0 Å². The van der Waals surface area contributed by atoms with Crippen LogP contribution in [0, 0.1) is 6.08 Å². The molecule has 0 heterocycles. The second-order valence-corrected chi connectivity index (χ2v) is 15.0. The van der Waals surface area contributed by atoms with E-state index in [-0.39, 0.29) is 30.2 Å². The zero-order valence-electron chi connectivity index (χ0n) is 14.8. The van der Waals surface area contributed by atoms with Gasteiger partial charge in [-0.25, -0.2) is 12.1 Å². The van der Waals surface area contributed by atoms with Crippen molar-refractivity contribution in [2.45, 2.75) is 45.7 Å². The fraction of sp³-hybridized carbons (Fsp3) is 0.350. The van der Waals surface area contributed by atoms with E-state index in [1.807, 2.05) is 0 Å². The zero-order chi connectivity index (χ0) is 16.2. The van der Waals surface area contributed by atoms with Gasteiger partial charge in [0.15, 0.2) is 0 Å². The van der Waals surface area contributed by atoms with Crippen LogP contribution in [0.2, 0.25) is 13.1 Å². The molecule has 0 bridgehead atoms. The first kappa shape index (κ1) is 26.2. The molecule has 0 saturated carbocycles. The van der Waals surface area contributed by atoms with Crippen LogP contribution in [0.3, 0.4) is 0 Å².